The van der Waals surface area contributed by atoms with Crippen LogP contribution in [0.4, 0.5) is 5.69 Å². The van der Waals surface area contributed by atoms with Crippen molar-refractivity contribution in [3.05, 3.63) is 63.6 Å². The summed E-state index contributed by atoms with van der Waals surface area (Å²) in [4.78, 5) is 0. The Morgan fingerprint density at radius 2 is 1.86 bits per heavy atom. The van der Waals surface area contributed by atoms with Gasteiger partial charge in [-0.1, -0.05) is 45.8 Å². The van der Waals surface area contributed by atoms with Gasteiger partial charge in [0.05, 0.1) is 11.3 Å². The standard InChI is InChI=1S/C18H17BrN2/c1-12-2-4-13(5-3-12)14-9-17(10-14)21-18-7-6-16(19)8-15(18)11-20/h2-8,14,17,21H,9-10H2,1H3. The molecule has 0 spiro atoms. The fourth-order valence-electron chi connectivity index (χ4n) is 2.80. The number of nitrogens with zero attached hydrogens (tertiary/aromatic N) is 1. The molecular weight excluding hydrogens is 324 g/mol. The third-order valence-electron chi connectivity index (χ3n) is 4.15. The van der Waals surface area contributed by atoms with Gasteiger partial charge in [0, 0.05) is 10.5 Å². The zero-order valence-electron chi connectivity index (χ0n) is 11.9. The second-order valence-corrected chi connectivity index (χ2v) is 6.64. The zero-order valence-corrected chi connectivity index (χ0v) is 13.5. The number of rotatable bonds is 3. The molecule has 0 saturated heterocycles. The van der Waals surface area contributed by atoms with Crippen LogP contribution in [-0.2, 0) is 0 Å². The van der Waals surface area contributed by atoms with E-state index in [9.17, 15) is 5.26 Å². The average molecular weight is 341 g/mol. The van der Waals surface area contributed by atoms with Gasteiger partial charge in [0.15, 0.2) is 0 Å². The van der Waals surface area contributed by atoms with Gasteiger partial charge in [0.25, 0.3) is 0 Å². The van der Waals surface area contributed by atoms with Gasteiger partial charge in [-0.2, -0.15) is 5.26 Å². The highest BCUT2D eigenvalue weighted by Gasteiger charge is 2.30. The molecule has 1 aliphatic carbocycles. The number of halogens is 1. The van der Waals surface area contributed by atoms with E-state index in [-0.39, 0.29) is 0 Å². The minimum atomic E-state index is 0.463. The highest BCUT2D eigenvalue weighted by Crippen LogP contribution is 2.39. The number of hydrogen-bond donors (Lipinski definition) is 1. The van der Waals surface area contributed by atoms with Crippen molar-refractivity contribution in [3.63, 3.8) is 0 Å². The fraction of sp³-hybridized carbons (Fsp3) is 0.278. The SMILES string of the molecule is Cc1ccc(C2CC(Nc3ccc(Br)cc3C#N)C2)cc1. The fourth-order valence-corrected chi connectivity index (χ4v) is 3.16. The van der Waals surface area contributed by atoms with Crippen molar-refractivity contribution in [2.75, 3.05) is 5.32 Å². The first-order chi connectivity index (χ1) is 10.2. The van der Waals surface area contributed by atoms with Crippen molar-refractivity contribution < 1.29 is 0 Å². The van der Waals surface area contributed by atoms with Crippen LogP contribution in [0.25, 0.3) is 0 Å². The first kappa shape index (κ1) is 14.2. The summed E-state index contributed by atoms with van der Waals surface area (Å²) in [6.45, 7) is 2.12. The Balaban J connectivity index is 1.63. The third-order valence-corrected chi connectivity index (χ3v) is 4.64. The molecule has 1 fully saturated rings. The lowest BCUT2D eigenvalue weighted by molar-refractivity contribution is 0.374. The van der Waals surface area contributed by atoms with Crippen molar-refractivity contribution in [2.45, 2.75) is 31.7 Å². The van der Waals surface area contributed by atoms with Gasteiger partial charge in [-0.3, -0.25) is 0 Å². The number of hydrogen-bond acceptors (Lipinski definition) is 2. The smallest absolute Gasteiger partial charge is 0.101 e. The molecule has 0 unspecified atom stereocenters. The molecule has 0 aromatic heterocycles. The van der Waals surface area contributed by atoms with Crippen LogP contribution in [0.1, 0.15) is 35.4 Å². The molecule has 2 aromatic carbocycles. The van der Waals surface area contributed by atoms with Crippen LogP contribution in [0, 0.1) is 18.3 Å². The maximum atomic E-state index is 9.19. The second-order valence-electron chi connectivity index (χ2n) is 5.72. The minimum absolute atomic E-state index is 0.463. The Hall–Kier alpha value is -1.79. The first-order valence-corrected chi connectivity index (χ1v) is 7.98. The number of nitrogens with one attached hydrogen (secondary N) is 1. The van der Waals surface area contributed by atoms with Crippen LogP contribution in [0.15, 0.2) is 46.9 Å². The molecule has 0 heterocycles. The monoisotopic (exact) mass is 340 g/mol. The van der Waals surface area contributed by atoms with Crippen LogP contribution in [0.5, 0.6) is 0 Å². The van der Waals surface area contributed by atoms with Gasteiger partial charge in [0.1, 0.15) is 6.07 Å². The first-order valence-electron chi connectivity index (χ1n) is 7.18. The zero-order chi connectivity index (χ0) is 14.8. The summed E-state index contributed by atoms with van der Waals surface area (Å²) >= 11 is 3.40. The summed E-state index contributed by atoms with van der Waals surface area (Å²) in [6.07, 6.45) is 2.26. The number of benzene rings is 2. The topological polar surface area (TPSA) is 35.8 Å². The van der Waals surface area contributed by atoms with E-state index in [1.807, 2.05) is 18.2 Å². The molecule has 3 rings (SSSR count). The van der Waals surface area contributed by atoms with Crippen molar-refractivity contribution in [1.82, 2.24) is 0 Å². The van der Waals surface area contributed by atoms with E-state index in [2.05, 4.69) is 58.5 Å². The Bertz CT molecular complexity index is 679. The average Bonchev–Trinajstić information content (AvgIpc) is 2.45. The summed E-state index contributed by atoms with van der Waals surface area (Å²) in [5, 5.41) is 12.7. The maximum absolute atomic E-state index is 9.19. The highest BCUT2D eigenvalue weighted by molar-refractivity contribution is 9.10. The van der Waals surface area contributed by atoms with Crippen LogP contribution in [0.3, 0.4) is 0 Å². The predicted octanol–water partition coefficient (Wildman–Crippen LogP) is 4.99. The Morgan fingerprint density at radius 3 is 2.52 bits per heavy atom. The molecule has 0 bridgehead atoms. The van der Waals surface area contributed by atoms with E-state index < -0.39 is 0 Å². The van der Waals surface area contributed by atoms with Crippen LogP contribution < -0.4 is 5.32 Å². The summed E-state index contributed by atoms with van der Waals surface area (Å²) in [7, 11) is 0. The molecule has 2 nitrogen and oxygen atoms in total. The van der Waals surface area contributed by atoms with Gasteiger partial charge in [0.2, 0.25) is 0 Å². The van der Waals surface area contributed by atoms with Crippen LogP contribution in [-0.4, -0.2) is 6.04 Å². The van der Waals surface area contributed by atoms with Crippen LogP contribution in [0.2, 0.25) is 0 Å². The summed E-state index contributed by atoms with van der Waals surface area (Å²) in [5.74, 6) is 0.643. The molecule has 3 heteroatoms. The molecule has 0 atom stereocenters. The molecule has 106 valence electrons. The van der Waals surface area contributed by atoms with Crippen LogP contribution >= 0.6 is 15.9 Å². The van der Waals surface area contributed by atoms with Gasteiger partial charge in [-0.05, 0) is 49.4 Å². The Labute approximate surface area is 133 Å². The van der Waals surface area contributed by atoms with Crippen molar-refractivity contribution in [3.8, 4) is 6.07 Å². The van der Waals surface area contributed by atoms with Gasteiger partial charge in [-0.15, -0.1) is 0 Å². The van der Waals surface area contributed by atoms with Gasteiger partial charge < -0.3 is 5.32 Å². The summed E-state index contributed by atoms with van der Waals surface area (Å²) < 4.78 is 0.941. The van der Waals surface area contributed by atoms with Gasteiger partial charge in [-0.25, -0.2) is 0 Å². The molecule has 2 aromatic rings. The summed E-state index contributed by atoms with van der Waals surface area (Å²) in [5.41, 5.74) is 4.37. The molecule has 1 aliphatic rings. The molecular formula is C18H17BrN2. The number of aryl methyl sites for hydroxylation is 1. The predicted molar refractivity (Wildman–Crippen MR) is 89.4 cm³/mol. The normalized spacial score (nSPS) is 20.4. The summed E-state index contributed by atoms with van der Waals surface area (Å²) in [6, 6.07) is 17.3. The maximum Gasteiger partial charge on any atom is 0.101 e. The number of anilines is 1. The molecule has 0 radical (unpaired) electrons. The van der Waals surface area contributed by atoms with E-state index in [0.717, 1.165) is 23.0 Å². The van der Waals surface area contributed by atoms with Crippen molar-refractivity contribution >= 4 is 21.6 Å². The molecule has 0 amide bonds. The van der Waals surface area contributed by atoms with E-state index in [1.54, 1.807) is 0 Å². The van der Waals surface area contributed by atoms with E-state index >= 15 is 0 Å². The molecule has 1 N–H and O–H groups in total. The second kappa shape index (κ2) is 5.91. The molecule has 0 aliphatic heterocycles. The minimum Gasteiger partial charge on any atom is -0.381 e. The lowest BCUT2D eigenvalue weighted by Gasteiger charge is -2.37. The Kier molecular flexibility index (Phi) is 3.98. The Morgan fingerprint density at radius 1 is 1.14 bits per heavy atom. The van der Waals surface area contributed by atoms with E-state index in [0.29, 0.717) is 17.5 Å². The quantitative estimate of drug-likeness (QED) is 0.854. The van der Waals surface area contributed by atoms with E-state index in [4.69, 9.17) is 0 Å². The van der Waals surface area contributed by atoms with Crippen molar-refractivity contribution in [1.29, 1.82) is 5.26 Å². The van der Waals surface area contributed by atoms with E-state index in [1.165, 1.54) is 11.1 Å². The number of nitriles is 1. The van der Waals surface area contributed by atoms with Crippen molar-refractivity contribution in [2.24, 2.45) is 0 Å². The third kappa shape index (κ3) is 3.11. The van der Waals surface area contributed by atoms with Gasteiger partial charge >= 0.3 is 0 Å². The lowest BCUT2D eigenvalue weighted by atomic mass is 9.75. The largest absolute Gasteiger partial charge is 0.381 e. The molecule has 21 heavy (non-hydrogen) atoms. The lowest BCUT2D eigenvalue weighted by Crippen LogP contribution is -2.34. The molecule has 1 saturated carbocycles. The highest BCUT2D eigenvalue weighted by atomic mass is 79.9.